The van der Waals surface area contributed by atoms with Gasteiger partial charge in [0, 0.05) is 18.1 Å². The van der Waals surface area contributed by atoms with Crippen molar-refractivity contribution in [2.45, 2.75) is 63.5 Å². The van der Waals surface area contributed by atoms with Crippen LogP contribution in [0, 0.1) is 13.8 Å². The SMILES string of the molecule is COc1nc(C2=NC(c3cccc(C4CC4)c3)CON2)ccc1-n1cnc(C)c1.COc1nc(C2=NC(c3cccc(C4CC4)c3)CON2)ccc1Br.Cc1cnc[nH]1. The molecule has 304 valence electrons. The number of nitrogens with one attached hydrogen (secondary N) is 3. The van der Waals surface area contributed by atoms with Crippen LogP contribution in [0.4, 0.5) is 0 Å². The third-order valence-electron chi connectivity index (χ3n) is 10.2. The first-order valence-corrected chi connectivity index (χ1v) is 20.5. The van der Waals surface area contributed by atoms with E-state index in [2.05, 4.69) is 100 Å². The number of hydroxylamine groups is 2. The molecular weight excluding hydrogens is 812 g/mol. The van der Waals surface area contributed by atoms with Gasteiger partial charge in [-0.25, -0.2) is 30.9 Å². The third-order valence-corrected chi connectivity index (χ3v) is 10.8. The van der Waals surface area contributed by atoms with Crippen LogP contribution in [0.2, 0.25) is 0 Å². The lowest BCUT2D eigenvalue weighted by Crippen LogP contribution is -2.33. The van der Waals surface area contributed by atoms with Crippen molar-refractivity contribution in [1.29, 1.82) is 0 Å². The first-order chi connectivity index (χ1) is 28.8. The van der Waals surface area contributed by atoms with E-state index in [9.17, 15) is 0 Å². The van der Waals surface area contributed by atoms with E-state index in [0.717, 1.165) is 27.5 Å². The number of H-pyrrole nitrogens is 1. The number of aliphatic imine (C=N–C) groups is 2. The lowest BCUT2D eigenvalue weighted by atomic mass is 10.0. The van der Waals surface area contributed by atoms with Crippen LogP contribution in [0.15, 0.2) is 112 Å². The van der Waals surface area contributed by atoms with Crippen molar-refractivity contribution >= 4 is 27.6 Å². The topological polar surface area (TPSA) is 158 Å². The predicted octanol–water partition coefficient (Wildman–Crippen LogP) is 7.96. The van der Waals surface area contributed by atoms with Gasteiger partial charge in [-0.05, 0) is 114 Å². The number of methoxy groups -OCH3 is 2. The summed E-state index contributed by atoms with van der Waals surface area (Å²) < 4.78 is 13.5. The maximum atomic E-state index is 5.63. The maximum absolute atomic E-state index is 5.63. The second-order valence-electron chi connectivity index (χ2n) is 14.8. The van der Waals surface area contributed by atoms with Gasteiger partial charge in [0.15, 0.2) is 11.7 Å². The fourth-order valence-electron chi connectivity index (χ4n) is 6.76. The molecule has 2 aliphatic carbocycles. The van der Waals surface area contributed by atoms with Gasteiger partial charge in [0.05, 0.1) is 37.0 Å². The lowest BCUT2D eigenvalue weighted by Gasteiger charge is -2.22. The largest absolute Gasteiger partial charge is 0.480 e. The number of halogens is 1. The maximum Gasteiger partial charge on any atom is 0.238 e. The molecule has 2 atom stereocenters. The number of imidazole rings is 2. The van der Waals surface area contributed by atoms with E-state index in [1.54, 1.807) is 33.1 Å². The number of ether oxygens (including phenoxy) is 2. The Balaban J connectivity index is 0.000000146. The summed E-state index contributed by atoms with van der Waals surface area (Å²) in [6, 6.07) is 24.9. The Morgan fingerprint density at radius 1 is 0.712 bits per heavy atom. The number of aryl methyl sites for hydroxylation is 2. The third kappa shape index (κ3) is 10.0. The lowest BCUT2D eigenvalue weighted by molar-refractivity contribution is 0.0620. The molecule has 2 aliphatic heterocycles. The molecule has 4 aromatic heterocycles. The van der Waals surface area contributed by atoms with Crippen LogP contribution in [-0.4, -0.2) is 68.6 Å². The Morgan fingerprint density at radius 3 is 1.75 bits per heavy atom. The number of benzene rings is 2. The number of aromatic nitrogens is 6. The van der Waals surface area contributed by atoms with Gasteiger partial charge in [-0.15, -0.1) is 0 Å². The van der Waals surface area contributed by atoms with Gasteiger partial charge < -0.3 is 19.0 Å². The van der Waals surface area contributed by atoms with Gasteiger partial charge in [0.1, 0.15) is 42.4 Å². The number of rotatable bonds is 9. The molecule has 3 N–H and O–H groups in total. The summed E-state index contributed by atoms with van der Waals surface area (Å²) in [4.78, 5) is 40.9. The summed E-state index contributed by atoms with van der Waals surface area (Å²) in [5.41, 5.74) is 15.2. The van der Waals surface area contributed by atoms with Gasteiger partial charge >= 0.3 is 0 Å². The molecule has 10 rings (SSSR count). The molecule has 2 unspecified atom stereocenters. The second kappa shape index (κ2) is 18.4. The fourth-order valence-corrected chi connectivity index (χ4v) is 7.14. The Morgan fingerprint density at radius 2 is 1.27 bits per heavy atom. The number of amidine groups is 2. The highest BCUT2D eigenvalue weighted by Crippen LogP contribution is 2.42. The monoisotopic (exact) mass is 858 g/mol. The Hall–Kier alpha value is -5.90. The van der Waals surface area contributed by atoms with E-state index in [-0.39, 0.29) is 12.1 Å². The van der Waals surface area contributed by atoms with Crippen LogP contribution >= 0.6 is 15.9 Å². The van der Waals surface area contributed by atoms with E-state index in [0.29, 0.717) is 54.0 Å². The van der Waals surface area contributed by atoms with Gasteiger partial charge in [0.25, 0.3) is 0 Å². The Bertz CT molecular complexity index is 2430. The van der Waals surface area contributed by atoms with Crippen molar-refractivity contribution in [2.24, 2.45) is 9.98 Å². The number of hydrogen-bond donors (Lipinski definition) is 3. The quantitative estimate of drug-likeness (QED) is 0.130. The van der Waals surface area contributed by atoms with Crippen LogP contribution in [0.5, 0.6) is 11.8 Å². The minimum absolute atomic E-state index is 0.0311. The average Bonchev–Trinajstić information content (AvgIpc) is 4.23. The van der Waals surface area contributed by atoms with E-state index >= 15 is 0 Å². The molecular formula is C44H47BrN10O4. The normalized spacial score (nSPS) is 18.4. The second-order valence-corrected chi connectivity index (χ2v) is 15.6. The van der Waals surface area contributed by atoms with Gasteiger partial charge in [-0.1, -0.05) is 48.5 Å². The van der Waals surface area contributed by atoms with E-state index in [1.807, 2.05) is 48.9 Å². The van der Waals surface area contributed by atoms with E-state index in [1.165, 1.54) is 47.9 Å². The Kier molecular flexibility index (Phi) is 12.4. The first-order valence-electron chi connectivity index (χ1n) is 19.7. The highest BCUT2D eigenvalue weighted by atomic mass is 79.9. The summed E-state index contributed by atoms with van der Waals surface area (Å²) in [6.07, 6.45) is 12.3. The molecule has 0 bridgehead atoms. The van der Waals surface area contributed by atoms with Crippen molar-refractivity contribution < 1.29 is 19.1 Å². The number of pyridine rings is 2. The number of hydrogen-bond acceptors (Lipinski definition) is 12. The van der Waals surface area contributed by atoms with Crippen molar-refractivity contribution in [3.63, 3.8) is 0 Å². The van der Waals surface area contributed by atoms with Gasteiger partial charge in [-0.2, -0.15) is 0 Å². The van der Waals surface area contributed by atoms with Crippen molar-refractivity contribution in [1.82, 2.24) is 40.4 Å². The minimum atomic E-state index is -0.0614. The minimum Gasteiger partial charge on any atom is -0.480 e. The predicted molar refractivity (Wildman–Crippen MR) is 228 cm³/mol. The van der Waals surface area contributed by atoms with Crippen LogP contribution < -0.4 is 20.4 Å². The zero-order valence-electron chi connectivity index (χ0n) is 33.4. The van der Waals surface area contributed by atoms with Crippen LogP contribution in [0.25, 0.3) is 5.69 Å². The molecule has 0 amide bonds. The van der Waals surface area contributed by atoms with Crippen molar-refractivity contribution in [3.05, 3.63) is 147 Å². The molecule has 2 saturated carbocycles. The molecule has 15 heteroatoms. The molecule has 14 nitrogen and oxygen atoms in total. The zero-order chi connectivity index (χ0) is 40.7. The number of nitrogens with zero attached hydrogens (tertiary/aromatic N) is 7. The summed E-state index contributed by atoms with van der Waals surface area (Å²) >= 11 is 3.41. The zero-order valence-corrected chi connectivity index (χ0v) is 35.0. The molecule has 0 saturated heterocycles. The Labute approximate surface area is 351 Å². The van der Waals surface area contributed by atoms with Crippen molar-refractivity contribution in [2.75, 3.05) is 27.4 Å². The molecule has 4 aliphatic rings. The van der Waals surface area contributed by atoms with E-state index in [4.69, 9.17) is 29.1 Å². The average molecular weight is 860 g/mol. The standard InChI is InChI=1S/C22H23N5O2.C18H18BrN3O2.C4H6N2/c1-14-11-27(13-23-14)20-9-8-18(25-22(20)28-2)21-24-19(12-29-26-21)17-5-3-4-16(10-17)15-6-7-15;1-23-18-14(19)7-8-15(21-18)17-20-16(10-24-22-17)13-4-2-3-12(9-13)11-5-6-11;1-4-2-5-3-6-4/h3-5,8-11,13,15,19H,6-7,12H2,1-2H3,(H,24,26);2-4,7-9,11,16H,5-6,10H2,1H3,(H,20,22);2-3H,1H3,(H,5,6). The van der Waals surface area contributed by atoms with Crippen LogP contribution in [0.3, 0.4) is 0 Å². The highest BCUT2D eigenvalue weighted by molar-refractivity contribution is 9.10. The smallest absolute Gasteiger partial charge is 0.238 e. The first kappa shape index (κ1) is 39.9. The summed E-state index contributed by atoms with van der Waals surface area (Å²) in [6.45, 7) is 4.90. The molecule has 59 heavy (non-hydrogen) atoms. The summed E-state index contributed by atoms with van der Waals surface area (Å²) in [5, 5.41) is 0. The molecule has 2 aromatic carbocycles. The fraction of sp³-hybridized carbons (Fsp3) is 0.318. The molecule has 6 heterocycles. The number of aromatic amines is 1. The summed E-state index contributed by atoms with van der Waals surface area (Å²) in [7, 11) is 3.20. The highest BCUT2D eigenvalue weighted by Gasteiger charge is 2.27. The molecule has 6 aromatic rings. The van der Waals surface area contributed by atoms with Crippen LogP contribution in [-0.2, 0) is 9.68 Å². The van der Waals surface area contributed by atoms with Gasteiger partial charge in [0.2, 0.25) is 11.8 Å². The molecule has 0 radical (unpaired) electrons. The van der Waals surface area contributed by atoms with Crippen molar-refractivity contribution in [3.8, 4) is 17.4 Å². The molecule has 2 fully saturated rings. The van der Waals surface area contributed by atoms with Gasteiger partial charge in [-0.3, -0.25) is 19.7 Å². The van der Waals surface area contributed by atoms with Crippen LogP contribution in [0.1, 0.15) is 94.6 Å². The summed E-state index contributed by atoms with van der Waals surface area (Å²) in [5.74, 6) is 3.69. The molecule has 0 spiro atoms. The van der Waals surface area contributed by atoms with E-state index < -0.39 is 0 Å².